The molecule has 3 N–H and O–H groups in total. The second-order valence-corrected chi connectivity index (χ2v) is 7.29. The molecule has 32 heavy (non-hydrogen) atoms. The summed E-state index contributed by atoms with van der Waals surface area (Å²) in [6.07, 6.45) is 0. The van der Waals surface area contributed by atoms with Gasteiger partial charge in [-0.2, -0.15) is 15.2 Å². The van der Waals surface area contributed by atoms with E-state index in [1.54, 1.807) is 42.5 Å². The van der Waals surface area contributed by atoms with E-state index in [0.717, 1.165) is 16.7 Å². The van der Waals surface area contributed by atoms with Crippen LogP contribution >= 0.6 is 0 Å². The predicted molar refractivity (Wildman–Crippen MR) is 122 cm³/mol. The first-order valence-corrected chi connectivity index (χ1v) is 9.88. The van der Waals surface area contributed by atoms with Gasteiger partial charge in [-0.3, -0.25) is 0 Å². The predicted octanol–water partition coefficient (Wildman–Crippen LogP) is 5.89. The number of aromatic nitrogens is 2. The maximum atomic E-state index is 14.2. The van der Waals surface area contributed by atoms with Crippen molar-refractivity contribution in [3.05, 3.63) is 89.2 Å². The molecule has 1 heterocycles. The molecule has 0 aliphatic carbocycles. The fourth-order valence-corrected chi connectivity index (χ4v) is 3.37. The molecule has 0 saturated carbocycles. The molecule has 7 heteroatoms. The lowest BCUT2D eigenvalue weighted by Gasteiger charge is -2.15. The summed E-state index contributed by atoms with van der Waals surface area (Å²) in [5.74, 6) is 1.13. The minimum Gasteiger partial charge on any atom is -0.438 e. The van der Waals surface area contributed by atoms with Crippen LogP contribution in [0.15, 0.2) is 66.7 Å². The van der Waals surface area contributed by atoms with Gasteiger partial charge in [0, 0.05) is 17.3 Å². The second kappa shape index (κ2) is 8.74. The van der Waals surface area contributed by atoms with Crippen molar-refractivity contribution in [2.24, 2.45) is 0 Å². The molecule has 1 aromatic heterocycles. The summed E-state index contributed by atoms with van der Waals surface area (Å²) in [6, 6.07) is 20.9. The van der Waals surface area contributed by atoms with Crippen molar-refractivity contribution in [2.75, 3.05) is 11.1 Å². The number of aryl methyl sites for hydroxylation is 2. The fraction of sp³-hybridized carbons (Fsp3) is 0.0800. The quantitative estimate of drug-likeness (QED) is 0.414. The lowest BCUT2D eigenvalue weighted by atomic mass is 9.99. The average Bonchev–Trinajstić information content (AvgIpc) is 2.76. The largest absolute Gasteiger partial charge is 0.438 e. The van der Waals surface area contributed by atoms with E-state index in [0.29, 0.717) is 22.6 Å². The maximum absolute atomic E-state index is 14.2. The normalized spacial score (nSPS) is 10.4. The first kappa shape index (κ1) is 20.8. The number of anilines is 3. The highest BCUT2D eigenvalue weighted by atomic mass is 19.1. The van der Waals surface area contributed by atoms with Crippen LogP contribution in [0.4, 0.5) is 21.8 Å². The minimum absolute atomic E-state index is 0.240. The number of benzene rings is 3. The number of nitriles is 1. The van der Waals surface area contributed by atoms with Gasteiger partial charge in [0.2, 0.25) is 11.8 Å². The fourth-order valence-electron chi connectivity index (χ4n) is 3.37. The van der Waals surface area contributed by atoms with Crippen molar-refractivity contribution in [3.63, 3.8) is 0 Å². The van der Waals surface area contributed by atoms with E-state index in [9.17, 15) is 4.39 Å². The Morgan fingerprint density at radius 1 is 0.969 bits per heavy atom. The topological polar surface area (TPSA) is 96.9 Å². The van der Waals surface area contributed by atoms with Crippen LogP contribution in [0.5, 0.6) is 11.6 Å². The smallest absolute Gasteiger partial charge is 0.232 e. The average molecular weight is 425 g/mol. The van der Waals surface area contributed by atoms with Crippen LogP contribution < -0.4 is 15.8 Å². The van der Waals surface area contributed by atoms with Crippen LogP contribution in [-0.2, 0) is 0 Å². The molecule has 3 aromatic carbocycles. The van der Waals surface area contributed by atoms with Gasteiger partial charge in [-0.05, 0) is 73.0 Å². The molecule has 0 amide bonds. The Labute approximate surface area is 185 Å². The molecule has 0 aliphatic heterocycles. The van der Waals surface area contributed by atoms with Gasteiger partial charge in [0.25, 0.3) is 0 Å². The van der Waals surface area contributed by atoms with Crippen LogP contribution in [0.25, 0.3) is 11.1 Å². The Morgan fingerprint density at radius 3 is 2.31 bits per heavy atom. The zero-order valence-corrected chi connectivity index (χ0v) is 17.6. The van der Waals surface area contributed by atoms with E-state index in [2.05, 4.69) is 21.4 Å². The molecule has 0 spiro atoms. The van der Waals surface area contributed by atoms with Crippen LogP contribution in [0.1, 0.15) is 16.7 Å². The summed E-state index contributed by atoms with van der Waals surface area (Å²) >= 11 is 0. The Bertz CT molecular complexity index is 1310. The number of halogens is 1. The highest BCUT2D eigenvalue weighted by Gasteiger charge is 2.13. The van der Waals surface area contributed by atoms with E-state index in [4.69, 9.17) is 15.7 Å². The number of ether oxygens (including phenoxy) is 1. The summed E-state index contributed by atoms with van der Waals surface area (Å²) in [4.78, 5) is 8.58. The summed E-state index contributed by atoms with van der Waals surface area (Å²) in [5.41, 5.74) is 10.2. The van der Waals surface area contributed by atoms with Gasteiger partial charge in [0.15, 0.2) is 0 Å². The molecule has 0 saturated heterocycles. The van der Waals surface area contributed by atoms with Crippen molar-refractivity contribution < 1.29 is 9.13 Å². The van der Waals surface area contributed by atoms with E-state index < -0.39 is 0 Å². The van der Waals surface area contributed by atoms with E-state index in [-0.39, 0.29) is 23.5 Å². The Balaban J connectivity index is 1.61. The third kappa shape index (κ3) is 4.50. The molecule has 0 radical (unpaired) electrons. The van der Waals surface area contributed by atoms with Crippen molar-refractivity contribution in [1.82, 2.24) is 9.97 Å². The highest BCUT2D eigenvalue weighted by Crippen LogP contribution is 2.34. The van der Waals surface area contributed by atoms with Crippen LogP contribution in [0, 0.1) is 31.0 Å². The SMILES string of the molecule is Cc1cc(-c2ccccc2F)cc(C)c1Oc1cc(N)nc(Nc2ccc(C#N)cc2)n1. The Hall–Kier alpha value is -4.44. The van der Waals surface area contributed by atoms with Gasteiger partial charge >= 0.3 is 0 Å². The van der Waals surface area contributed by atoms with Gasteiger partial charge in [0.1, 0.15) is 17.4 Å². The van der Waals surface area contributed by atoms with Gasteiger partial charge in [-0.15, -0.1) is 0 Å². The molecule has 0 unspecified atom stereocenters. The van der Waals surface area contributed by atoms with Crippen LogP contribution in [0.3, 0.4) is 0 Å². The zero-order valence-electron chi connectivity index (χ0n) is 17.6. The van der Waals surface area contributed by atoms with Crippen LogP contribution in [0.2, 0.25) is 0 Å². The molecule has 0 aliphatic rings. The molecule has 0 fully saturated rings. The number of nitrogens with two attached hydrogens (primary N) is 1. The van der Waals surface area contributed by atoms with Crippen molar-refractivity contribution in [1.29, 1.82) is 5.26 Å². The van der Waals surface area contributed by atoms with E-state index in [1.807, 2.05) is 26.0 Å². The molecular formula is C25H20FN5O. The number of nitrogen functional groups attached to an aromatic ring is 1. The summed E-state index contributed by atoms with van der Waals surface area (Å²) in [5, 5.41) is 12.0. The van der Waals surface area contributed by atoms with E-state index >= 15 is 0 Å². The first-order valence-electron chi connectivity index (χ1n) is 9.88. The third-order valence-corrected chi connectivity index (χ3v) is 4.84. The molecule has 6 nitrogen and oxygen atoms in total. The minimum atomic E-state index is -0.276. The van der Waals surface area contributed by atoms with E-state index in [1.165, 1.54) is 12.1 Å². The summed E-state index contributed by atoms with van der Waals surface area (Å²) in [7, 11) is 0. The second-order valence-electron chi connectivity index (χ2n) is 7.29. The maximum Gasteiger partial charge on any atom is 0.232 e. The van der Waals surface area contributed by atoms with Crippen molar-refractivity contribution in [3.8, 4) is 28.8 Å². The monoisotopic (exact) mass is 425 g/mol. The summed E-state index contributed by atoms with van der Waals surface area (Å²) < 4.78 is 20.3. The molecule has 158 valence electrons. The Kier molecular flexibility index (Phi) is 5.69. The number of nitrogens with one attached hydrogen (secondary N) is 1. The third-order valence-electron chi connectivity index (χ3n) is 4.84. The van der Waals surface area contributed by atoms with Gasteiger partial charge in [-0.25, -0.2) is 4.39 Å². The molecule has 4 rings (SSSR count). The summed E-state index contributed by atoms with van der Waals surface area (Å²) in [6.45, 7) is 3.79. The molecular weight excluding hydrogens is 405 g/mol. The number of nitrogens with zero attached hydrogens (tertiary/aromatic N) is 3. The van der Waals surface area contributed by atoms with Crippen molar-refractivity contribution in [2.45, 2.75) is 13.8 Å². The molecule has 0 bridgehead atoms. The van der Waals surface area contributed by atoms with Crippen molar-refractivity contribution >= 4 is 17.5 Å². The lowest BCUT2D eigenvalue weighted by Crippen LogP contribution is -2.03. The number of hydrogen-bond donors (Lipinski definition) is 2. The zero-order chi connectivity index (χ0) is 22.7. The lowest BCUT2D eigenvalue weighted by molar-refractivity contribution is 0.456. The number of hydrogen-bond acceptors (Lipinski definition) is 6. The van der Waals surface area contributed by atoms with Crippen LogP contribution in [-0.4, -0.2) is 9.97 Å². The highest BCUT2D eigenvalue weighted by molar-refractivity contribution is 5.68. The van der Waals surface area contributed by atoms with Gasteiger partial charge in [-0.1, -0.05) is 18.2 Å². The Morgan fingerprint density at radius 2 is 1.66 bits per heavy atom. The van der Waals surface area contributed by atoms with Gasteiger partial charge in [0.05, 0.1) is 11.6 Å². The molecule has 4 aromatic rings. The van der Waals surface area contributed by atoms with Gasteiger partial charge < -0.3 is 15.8 Å². The molecule has 0 atom stereocenters. The standard InChI is InChI=1S/C25H20FN5O/c1-15-11-18(20-5-3-4-6-21(20)26)12-16(2)24(15)32-23-13-22(28)30-25(31-23)29-19-9-7-17(14-27)8-10-19/h3-13H,1-2H3,(H3,28,29,30,31). The number of rotatable bonds is 5. The first-order chi connectivity index (χ1) is 15.4.